The number of hydrogen-bond donors (Lipinski definition) is 2. The molecule has 19 heavy (non-hydrogen) atoms. The van der Waals surface area contributed by atoms with E-state index in [-0.39, 0.29) is 11.5 Å². The number of primary amides is 1. The fourth-order valence-corrected chi connectivity index (χ4v) is 1.38. The summed E-state index contributed by atoms with van der Waals surface area (Å²) in [6, 6.07) is 2.72. The molecule has 2 rings (SSSR count). The SMILES string of the molecule is NC(=O)c1cc(=O)n(-c2ccc(C(F)(F)F)cn2)[nH]1. The van der Waals surface area contributed by atoms with Crippen LogP contribution in [0.15, 0.2) is 29.2 Å². The number of carbonyl (C=O) groups is 1. The first kappa shape index (κ1) is 12.9. The van der Waals surface area contributed by atoms with Crippen LogP contribution in [-0.2, 0) is 6.18 Å². The van der Waals surface area contributed by atoms with Gasteiger partial charge in [0, 0.05) is 12.3 Å². The topological polar surface area (TPSA) is 93.8 Å². The molecule has 0 aliphatic heterocycles. The van der Waals surface area contributed by atoms with Crippen molar-refractivity contribution in [2.45, 2.75) is 6.18 Å². The zero-order valence-electron chi connectivity index (χ0n) is 9.23. The van der Waals surface area contributed by atoms with Gasteiger partial charge >= 0.3 is 6.18 Å². The van der Waals surface area contributed by atoms with Gasteiger partial charge in [-0.25, -0.2) is 9.67 Å². The molecule has 0 aromatic carbocycles. The van der Waals surface area contributed by atoms with E-state index in [2.05, 4.69) is 10.1 Å². The van der Waals surface area contributed by atoms with Gasteiger partial charge in [0.15, 0.2) is 5.82 Å². The molecule has 3 N–H and O–H groups in total. The number of hydrogen-bond acceptors (Lipinski definition) is 3. The number of halogens is 3. The van der Waals surface area contributed by atoms with Crippen LogP contribution in [0.1, 0.15) is 16.1 Å². The maximum atomic E-state index is 12.3. The van der Waals surface area contributed by atoms with Gasteiger partial charge in [0.2, 0.25) is 0 Å². The van der Waals surface area contributed by atoms with Crippen LogP contribution in [0.2, 0.25) is 0 Å². The maximum Gasteiger partial charge on any atom is 0.417 e. The van der Waals surface area contributed by atoms with Crippen LogP contribution < -0.4 is 11.3 Å². The van der Waals surface area contributed by atoms with E-state index in [1.54, 1.807) is 0 Å². The summed E-state index contributed by atoms with van der Waals surface area (Å²) in [7, 11) is 0. The second-order valence-electron chi connectivity index (χ2n) is 3.61. The highest BCUT2D eigenvalue weighted by atomic mass is 19.4. The van der Waals surface area contributed by atoms with Crippen LogP contribution in [0.25, 0.3) is 5.82 Å². The minimum atomic E-state index is -4.51. The Morgan fingerprint density at radius 1 is 1.37 bits per heavy atom. The van der Waals surface area contributed by atoms with Gasteiger partial charge in [0.1, 0.15) is 5.69 Å². The number of H-pyrrole nitrogens is 1. The fraction of sp³-hybridized carbons (Fsp3) is 0.100. The Kier molecular flexibility index (Phi) is 2.89. The molecule has 0 saturated heterocycles. The van der Waals surface area contributed by atoms with Crippen LogP contribution in [0.4, 0.5) is 13.2 Å². The number of amides is 1. The van der Waals surface area contributed by atoms with Gasteiger partial charge in [-0.1, -0.05) is 0 Å². The molecule has 0 unspecified atom stereocenters. The molecule has 0 fully saturated rings. The second-order valence-corrected chi connectivity index (χ2v) is 3.61. The smallest absolute Gasteiger partial charge is 0.364 e. The highest BCUT2D eigenvalue weighted by Gasteiger charge is 2.30. The Hall–Kier alpha value is -2.58. The summed E-state index contributed by atoms with van der Waals surface area (Å²) >= 11 is 0. The largest absolute Gasteiger partial charge is 0.417 e. The molecular formula is C10H7F3N4O2. The molecule has 0 spiro atoms. The third-order valence-corrected chi connectivity index (χ3v) is 2.29. The third kappa shape index (κ3) is 2.49. The first-order valence-electron chi connectivity index (χ1n) is 4.94. The van der Waals surface area contributed by atoms with Crippen LogP contribution in [0, 0.1) is 0 Å². The van der Waals surface area contributed by atoms with Gasteiger partial charge < -0.3 is 5.73 Å². The standard InChI is InChI=1S/C10H7F3N4O2/c11-10(12,13)5-1-2-7(15-4-5)17-8(18)3-6(16-17)9(14)19/h1-4,16H,(H2,14,19). The van der Waals surface area contributed by atoms with Crippen LogP contribution in [0.3, 0.4) is 0 Å². The van der Waals surface area contributed by atoms with Crippen LogP contribution in [-0.4, -0.2) is 20.7 Å². The van der Waals surface area contributed by atoms with Crippen molar-refractivity contribution < 1.29 is 18.0 Å². The molecule has 9 heteroatoms. The normalized spacial score (nSPS) is 11.5. The van der Waals surface area contributed by atoms with E-state index in [9.17, 15) is 22.8 Å². The van der Waals surface area contributed by atoms with Gasteiger partial charge in [-0.3, -0.25) is 14.7 Å². The van der Waals surface area contributed by atoms with E-state index < -0.39 is 23.2 Å². The summed E-state index contributed by atoms with van der Waals surface area (Å²) in [5, 5.41) is 2.34. The van der Waals surface area contributed by atoms with Crippen LogP contribution >= 0.6 is 0 Å². The van der Waals surface area contributed by atoms with Gasteiger partial charge in [-0.05, 0) is 12.1 Å². The van der Waals surface area contributed by atoms with E-state index in [1.165, 1.54) is 0 Å². The minimum absolute atomic E-state index is 0.0782. The van der Waals surface area contributed by atoms with Gasteiger partial charge in [-0.15, -0.1) is 0 Å². The zero-order chi connectivity index (χ0) is 14.2. The lowest BCUT2D eigenvalue weighted by Crippen LogP contribution is -2.16. The number of pyridine rings is 1. The van der Waals surface area contributed by atoms with Crippen LogP contribution in [0.5, 0.6) is 0 Å². The summed E-state index contributed by atoms with van der Waals surface area (Å²) in [5.41, 5.74) is 3.21. The lowest BCUT2D eigenvalue weighted by molar-refractivity contribution is -0.137. The highest BCUT2D eigenvalue weighted by Crippen LogP contribution is 2.28. The second kappa shape index (κ2) is 4.26. The summed E-state index contributed by atoms with van der Waals surface area (Å²) in [6.45, 7) is 0. The van der Waals surface area contributed by atoms with E-state index in [0.717, 1.165) is 22.9 Å². The minimum Gasteiger partial charge on any atom is -0.364 e. The Balaban J connectivity index is 2.43. The lowest BCUT2D eigenvalue weighted by Gasteiger charge is -2.06. The molecular weight excluding hydrogens is 265 g/mol. The molecule has 2 aromatic rings. The molecule has 0 bridgehead atoms. The average Bonchev–Trinajstić information content (AvgIpc) is 2.70. The number of alkyl halides is 3. The number of aromatic nitrogens is 3. The first-order chi connectivity index (χ1) is 8.79. The summed E-state index contributed by atoms with van der Waals surface area (Å²) in [5.74, 6) is -0.937. The predicted molar refractivity (Wildman–Crippen MR) is 57.7 cm³/mol. The Bertz CT molecular complexity index is 669. The number of nitrogens with one attached hydrogen (secondary N) is 1. The van der Waals surface area contributed by atoms with Crippen molar-refractivity contribution in [2.75, 3.05) is 0 Å². The Morgan fingerprint density at radius 2 is 2.05 bits per heavy atom. The number of rotatable bonds is 2. The molecule has 2 heterocycles. The summed E-state index contributed by atoms with van der Waals surface area (Å²) in [6.07, 6.45) is -3.92. The zero-order valence-corrected chi connectivity index (χ0v) is 9.23. The molecule has 0 aliphatic rings. The molecule has 6 nitrogen and oxygen atoms in total. The molecule has 0 saturated carbocycles. The van der Waals surface area contributed by atoms with Crippen molar-refractivity contribution in [3.63, 3.8) is 0 Å². The van der Waals surface area contributed by atoms with Crippen molar-refractivity contribution in [3.8, 4) is 5.82 Å². The summed E-state index contributed by atoms with van der Waals surface area (Å²) < 4.78 is 37.8. The number of nitrogens with zero attached hydrogens (tertiary/aromatic N) is 2. The Morgan fingerprint density at radius 3 is 2.47 bits per heavy atom. The van der Waals surface area contributed by atoms with Gasteiger partial charge in [0.25, 0.3) is 11.5 Å². The number of nitrogens with two attached hydrogens (primary N) is 1. The third-order valence-electron chi connectivity index (χ3n) is 2.29. The number of aromatic amines is 1. The summed E-state index contributed by atoms with van der Waals surface area (Å²) in [4.78, 5) is 25.8. The molecule has 2 aromatic heterocycles. The lowest BCUT2D eigenvalue weighted by atomic mass is 10.3. The van der Waals surface area contributed by atoms with E-state index >= 15 is 0 Å². The number of carbonyl (C=O) groups excluding carboxylic acids is 1. The molecule has 0 atom stereocenters. The van der Waals surface area contributed by atoms with Crippen molar-refractivity contribution in [3.05, 3.63) is 46.0 Å². The van der Waals surface area contributed by atoms with E-state index in [1.807, 2.05) is 0 Å². The van der Waals surface area contributed by atoms with E-state index in [0.29, 0.717) is 6.20 Å². The highest BCUT2D eigenvalue weighted by molar-refractivity contribution is 5.90. The van der Waals surface area contributed by atoms with Crippen molar-refractivity contribution in [1.82, 2.24) is 14.8 Å². The Labute approximate surface area is 103 Å². The maximum absolute atomic E-state index is 12.3. The predicted octanol–water partition coefficient (Wildman–Crippen LogP) is 0.678. The van der Waals surface area contributed by atoms with Crippen molar-refractivity contribution in [2.24, 2.45) is 5.73 Å². The first-order valence-corrected chi connectivity index (χ1v) is 4.94. The average molecular weight is 272 g/mol. The van der Waals surface area contributed by atoms with Crippen molar-refractivity contribution >= 4 is 5.91 Å². The fourth-order valence-electron chi connectivity index (χ4n) is 1.38. The monoisotopic (exact) mass is 272 g/mol. The molecule has 100 valence electrons. The van der Waals surface area contributed by atoms with Crippen molar-refractivity contribution in [1.29, 1.82) is 0 Å². The molecule has 0 aliphatic carbocycles. The quantitative estimate of drug-likeness (QED) is 0.841. The van der Waals surface area contributed by atoms with Gasteiger partial charge in [0.05, 0.1) is 5.56 Å². The van der Waals surface area contributed by atoms with E-state index in [4.69, 9.17) is 5.73 Å². The molecule has 0 radical (unpaired) electrons. The molecule has 1 amide bonds. The van der Waals surface area contributed by atoms with Gasteiger partial charge in [-0.2, -0.15) is 13.2 Å².